The van der Waals surface area contributed by atoms with Gasteiger partial charge in [0.15, 0.2) is 0 Å². The van der Waals surface area contributed by atoms with Crippen molar-refractivity contribution in [3.63, 3.8) is 0 Å². The largest absolute Gasteiger partial charge is 0.381 e. The summed E-state index contributed by atoms with van der Waals surface area (Å²) in [5, 5.41) is 9.40. The molecule has 0 aromatic rings. The van der Waals surface area contributed by atoms with Crippen LogP contribution >= 0.6 is 12.6 Å². The van der Waals surface area contributed by atoms with E-state index in [1.807, 2.05) is 0 Å². The Labute approximate surface area is 141 Å². The van der Waals surface area contributed by atoms with E-state index in [9.17, 15) is 0 Å². The fourth-order valence-corrected chi connectivity index (χ4v) is 4.41. The van der Waals surface area contributed by atoms with Gasteiger partial charge in [-0.05, 0) is 30.6 Å². The zero-order chi connectivity index (χ0) is 16.2. The molecule has 0 bridgehead atoms. The topological polar surface area (TPSA) is 35.9 Å². The SMILES string of the molecule is C[C@@H]1C[C@@H](OC[C@H](S)CN2CCN(CO)CC2)CC(C)(C)C1. The number of nitrogens with zero attached hydrogens (tertiary/aromatic N) is 2. The maximum atomic E-state index is 9.12. The highest BCUT2D eigenvalue weighted by molar-refractivity contribution is 7.81. The summed E-state index contributed by atoms with van der Waals surface area (Å²) in [4.78, 5) is 4.51. The van der Waals surface area contributed by atoms with Gasteiger partial charge in [0, 0.05) is 38.0 Å². The van der Waals surface area contributed by atoms with E-state index in [4.69, 9.17) is 22.5 Å². The Hall–Kier alpha value is 0.190. The average molecular weight is 331 g/mol. The highest BCUT2D eigenvalue weighted by Gasteiger charge is 2.32. The van der Waals surface area contributed by atoms with E-state index in [1.165, 1.54) is 19.3 Å². The van der Waals surface area contributed by atoms with Crippen molar-refractivity contribution in [1.82, 2.24) is 9.80 Å². The molecule has 130 valence electrons. The van der Waals surface area contributed by atoms with Crippen molar-refractivity contribution in [3.05, 3.63) is 0 Å². The van der Waals surface area contributed by atoms with Gasteiger partial charge in [0.1, 0.15) is 0 Å². The number of thiol groups is 1. The van der Waals surface area contributed by atoms with E-state index in [-0.39, 0.29) is 12.0 Å². The van der Waals surface area contributed by atoms with Crippen molar-refractivity contribution in [1.29, 1.82) is 0 Å². The molecule has 0 amide bonds. The molecule has 2 fully saturated rings. The number of hydrogen-bond donors (Lipinski definition) is 2. The van der Waals surface area contributed by atoms with Crippen LogP contribution < -0.4 is 0 Å². The van der Waals surface area contributed by atoms with Crippen molar-refractivity contribution in [2.24, 2.45) is 11.3 Å². The minimum absolute atomic E-state index is 0.177. The van der Waals surface area contributed by atoms with Gasteiger partial charge in [-0.2, -0.15) is 12.6 Å². The first-order valence-corrected chi connectivity index (χ1v) is 9.25. The highest BCUT2D eigenvalue weighted by Crippen LogP contribution is 2.39. The molecule has 1 heterocycles. The van der Waals surface area contributed by atoms with E-state index in [2.05, 4.69) is 30.6 Å². The third kappa shape index (κ3) is 6.00. The zero-order valence-corrected chi connectivity index (χ0v) is 15.4. The van der Waals surface area contributed by atoms with Crippen LogP contribution in [0.2, 0.25) is 0 Å². The first-order valence-electron chi connectivity index (χ1n) is 8.73. The number of ether oxygens (including phenoxy) is 1. The van der Waals surface area contributed by atoms with E-state index in [0.717, 1.165) is 45.2 Å². The number of piperazine rings is 1. The normalized spacial score (nSPS) is 32.0. The van der Waals surface area contributed by atoms with Crippen molar-refractivity contribution < 1.29 is 9.84 Å². The molecular weight excluding hydrogens is 296 g/mol. The Balaban J connectivity index is 1.66. The molecule has 2 rings (SSSR count). The number of aliphatic hydroxyl groups excluding tert-OH is 1. The van der Waals surface area contributed by atoms with Gasteiger partial charge in [-0.3, -0.25) is 9.80 Å². The molecule has 3 atom stereocenters. The van der Waals surface area contributed by atoms with E-state index < -0.39 is 0 Å². The van der Waals surface area contributed by atoms with Gasteiger partial charge in [-0.1, -0.05) is 20.8 Å². The van der Waals surface area contributed by atoms with Gasteiger partial charge in [0.2, 0.25) is 0 Å². The number of hydrogen-bond acceptors (Lipinski definition) is 5. The van der Waals surface area contributed by atoms with Crippen LogP contribution in [-0.4, -0.2) is 72.3 Å². The van der Waals surface area contributed by atoms with Gasteiger partial charge in [0.05, 0.1) is 19.4 Å². The Bertz CT molecular complexity index is 333. The van der Waals surface area contributed by atoms with Gasteiger partial charge >= 0.3 is 0 Å². The van der Waals surface area contributed by atoms with Gasteiger partial charge < -0.3 is 9.84 Å². The molecule has 1 aliphatic carbocycles. The molecule has 1 saturated carbocycles. The molecule has 0 aromatic heterocycles. The molecule has 1 aliphatic heterocycles. The molecular formula is C17H34N2O2S. The second kappa shape index (κ2) is 8.34. The second-order valence-corrected chi connectivity index (χ2v) is 8.81. The Kier molecular flexibility index (Phi) is 7.02. The van der Waals surface area contributed by atoms with Crippen LogP contribution in [0, 0.1) is 11.3 Å². The molecule has 2 aliphatic rings. The molecule has 5 heteroatoms. The lowest BCUT2D eigenvalue weighted by Gasteiger charge is -2.39. The summed E-state index contributed by atoms with van der Waals surface area (Å²) in [7, 11) is 0. The summed E-state index contributed by atoms with van der Waals surface area (Å²) < 4.78 is 6.18. The summed E-state index contributed by atoms with van der Waals surface area (Å²) in [5.41, 5.74) is 0.412. The Morgan fingerprint density at radius 1 is 1.18 bits per heavy atom. The molecule has 0 radical (unpaired) electrons. The summed E-state index contributed by atoms with van der Waals surface area (Å²) >= 11 is 4.72. The minimum Gasteiger partial charge on any atom is -0.381 e. The fraction of sp³-hybridized carbons (Fsp3) is 1.00. The molecule has 0 unspecified atom stereocenters. The van der Waals surface area contributed by atoms with Crippen molar-refractivity contribution in [2.45, 2.75) is 51.4 Å². The molecule has 4 nitrogen and oxygen atoms in total. The number of rotatable bonds is 6. The van der Waals surface area contributed by atoms with Crippen LogP contribution in [0.5, 0.6) is 0 Å². The van der Waals surface area contributed by atoms with Crippen LogP contribution in [0.15, 0.2) is 0 Å². The van der Waals surface area contributed by atoms with Gasteiger partial charge in [-0.15, -0.1) is 0 Å². The van der Waals surface area contributed by atoms with Gasteiger partial charge in [-0.25, -0.2) is 0 Å². The predicted molar refractivity (Wildman–Crippen MR) is 94.4 cm³/mol. The third-order valence-corrected chi connectivity index (χ3v) is 5.32. The standard InChI is InChI=1S/C17H34N2O2S/c1-14-8-15(10-17(2,3)9-14)21-12-16(22)11-18-4-6-19(13-20)7-5-18/h14-16,20,22H,4-13H2,1-3H3/t14-,15-,16-/m1/s1. The minimum atomic E-state index is 0.177. The number of aliphatic hydroxyl groups is 1. The molecule has 1 N–H and O–H groups in total. The molecule has 1 saturated heterocycles. The summed E-state index contributed by atoms with van der Waals surface area (Å²) in [5.74, 6) is 0.763. The van der Waals surface area contributed by atoms with Gasteiger partial charge in [0.25, 0.3) is 0 Å². The Morgan fingerprint density at radius 2 is 1.82 bits per heavy atom. The van der Waals surface area contributed by atoms with Crippen LogP contribution in [0.4, 0.5) is 0 Å². The van der Waals surface area contributed by atoms with Crippen molar-refractivity contribution >= 4 is 12.6 Å². The molecule has 22 heavy (non-hydrogen) atoms. The van der Waals surface area contributed by atoms with Crippen LogP contribution in [-0.2, 0) is 4.74 Å². The lowest BCUT2D eigenvalue weighted by Crippen LogP contribution is -2.48. The van der Waals surface area contributed by atoms with Crippen LogP contribution in [0.1, 0.15) is 40.0 Å². The summed E-state index contributed by atoms with van der Waals surface area (Å²) in [6.07, 6.45) is 4.08. The maximum absolute atomic E-state index is 9.12. The lowest BCUT2D eigenvalue weighted by molar-refractivity contribution is -0.0250. The zero-order valence-electron chi connectivity index (χ0n) is 14.5. The predicted octanol–water partition coefficient (Wildman–Crippen LogP) is 2.08. The van der Waals surface area contributed by atoms with E-state index in [0.29, 0.717) is 11.5 Å². The second-order valence-electron chi connectivity index (χ2n) is 8.08. The smallest absolute Gasteiger partial charge is 0.0957 e. The average Bonchev–Trinajstić information content (AvgIpc) is 2.44. The van der Waals surface area contributed by atoms with Crippen LogP contribution in [0.3, 0.4) is 0 Å². The fourth-order valence-electron chi connectivity index (χ4n) is 4.10. The quantitative estimate of drug-likeness (QED) is 0.731. The van der Waals surface area contributed by atoms with Crippen LogP contribution in [0.25, 0.3) is 0 Å². The van der Waals surface area contributed by atoms with Crippen molar-refractivity contribution in [3.8, 4) is 0 Å². The summed E-state index contributed by atoms with van der Waals surface area (Å²) in [6, 6.07) is 0. The maximum Gasteiger partial charge on any atom is 0.0957 e. The molecule has 0 spiro atoms. The van der Waals surface area contributed by atoms with E-state index >= 15 is 0 Å². The Morgan fingerprint density at radius 3 is 2.41 bits per heavy atom. The first-order chi connectivity index (χ1) is 10.4. The van der Waals surface area contributed by atoms with Crippen molar-refractivity contribution in [2.75, 3.05) is 46.1 Å². The van der Waals surface area contributed by atoms with E-state index in [1.54, 1.807) is 0 Å². The monoisotopic (exact) mass is 330 g/mol. The highest BCUT2D eigenvalue weighted by atomic mass is 32.1. The first kappa shape index (κ1) is 18.5. The lowest BCUT2D eigenvalue weighted by atomic mass is 9.71. The summed E-state index contributed by atoms with van der Waals surface area (Å²) in [6.45, 7) is 12.9. The third-order valence-electron chi connectivity index (χ3n) is 5.00. The molecule has 0 aromatic carbocycles.